The van der Waals surface area contributed by atoms with Gasteiger partial charge in [0, 0.05) is 28.7 Å². The van der Waals surface area contributed by atoms with Crippen molar-refractivity contribution in [3.8, 4) is 0 Å². The number of β-lactam (4-membered cyclic amide) rings is 1. The molecule has 0 aromatic heterocycles. The van der Waals surface area contributed by atoms with Crippen LogP contribution in [0.5, 0.6) is 0 Å². The van der Waals surface area contributed by atoms with E-state index in [0.717, 1.165) is 17.9 Å². The smallest absolute Gasteiger partial charge is 0.353 e. The zero-order valence-electron chi connectivity index (χ0n) is 13.9. The largest absolute Gasteiger partial charge is 0.477 e. The van der Waals surface area contributed by atoms with Crippen LogP contribution in [0.15, 0.2) is 10.6 Å². The number of hydrogen-bond donors (Lipinski definition) is 2. The average Bonchev–Trinajstić information content (AvgIpc) is 2.87. The minimum Gasteiger partial charge on any atom is -0.477 e. The summed E-state index contributed by atoms with van der Waals surface area (Å²) in [5.41, 5.74) is 0.136. The number of carboxylic acids is 1. The highest BCUT2D eigenvalue weighted by molar-refractivity contribution is 8.03. The minimum atomic E-state index is -1.04. The first kappa shape index (κ1) is 16.8. The maximum Gasteiger partial charge on any atom is 0.353 e. The fraction of sp³-hybridized carbons (Fsp3) is 0.750. The van der Waals surface area contributed by atoms with Gasteiger partial charge in [-0.1, -0.05) is 6.92 Å². The molecule has 0 spiro atoms. The van der Waals surface area contributed by atoms with Crippen molar-refractivity contribution in [3.63, 3.8) is 0 Å². The number of thioether (sulfide) groups is 1. The van der Waals surface area contributed by atoms with E-state index in [1.807, 2.05) is 6.92 Å². The van der Waals surface area contributed by atoms with Crippen molar-refractivity contribution in [2.75, 3.05) is 13.6 Å². The van der Waals surface area contributed by atoms with Gasteiger partial charge in [-0.15, -0.1) is 11.8 Å². The van der Waals surface area contributed by atoms with Crippen molar-refractivity contribution >= 4 is 23.6 Å². The van der Waals surface area contributed by atoms with Gasteiger partial charge in [0.05, 0.1) is 18.1 Å². The summed E-state index contributed by atoms with van der Waals surface area (Å²) in [5, 5.41) is 19.8. The van der Waals surface area contributed by atoms with E-state index in [-0.39, 0.29) is 23.6 Å². The lowest BCUT2D eigenvalue weighted by atomic mass is 9.79. The lowest BCUT2D eigenvalue weighted by Gasteiger charge is -2.46. The van der Waals surface area contributed by atoms with Crippen molar-refractivity contribution in [1.29, 1.82) is 0 Å². The number of carbonyl (C=O) groups is 2. The molecule has 0 aromatic rings. The highest BCUT2D eigenvalue weighted by Gasteiger charge is 2.60. The lowest BCUT2D eigenvalue weighted by Crippen LogP contribution is -2.63. The molecular formula is C16H24N2O4S. The zero-order chi connectivity index (χ0) is 17.0. The van der Waals surface area contributed by atoms with Crippen LogP contribution >= 0.6 is 11.8 Å². The highest BCUT2D eigenvalue weighted by Crippen LogP contribution is 2.52. The monoisotopic (exact) mass is 340 g/mol. The van der Waals surface area contributed by atoms with Crippen LogP contribution in [0.25, 0.3) is 0 Å². The van der Waals surface area contributed by atoms with Gasteiger partial charge >= 0.3 is 5.97 Å². The molecule has 0 radical (unpaired) electrons. The summed E-state index contributed by atoms with van der Waals surface area (Å²) in [6.07, 6.45) is 0.270. The quantitative estimate of drug-likeness (QED) is 0.742. The van der Waals surface area contributed by atoms with Crippen molar-refractivity contribution in [3.05, 3.63) is 10.6 Å². The van der Waals surface area contributed by atoms with Crippen LogP contribution in [0.2, 0.25) is 0 Å². The van der Waals surface area contributed by atoms with Gasteiger partial charge < -0.3 is 20.0 Å². The molecule has 3 rings (SSSR count). The van der Waals surface area contributed by atoms with Gasteiger partial charge in [0.25, 0.3) is 0 Å². The molecule has 23 heavy (non-hydrogen) atoms. The molecule has 0 unspecified atom stereocenters. The molecule has 7 heteroatoms. The Hall–Kier alpha value is -1.05. The van der Waals surface area contributed by atoms with E-state index in [9.17, 15) is 19.8 Å². The van der Waals surface area contributed by atoms with Crippen LogP contribution in [0, 0.1) is 11.8 Å². The molecule has 1 amide bonds. The molecule has 0 aromatic carbocycles. The number of carbonyl (C=O) groups excluding carboxylic acids is 1. The van der Waals surface area contributed by atoms with E-state index in [0.29, 0.717) is 11.3 Å². The summed E-state index contributed by atoms with van der Waals surface area (Å²) < 4.78 is 0. The van der Waals surface area contributed by atoms with E-state index < -0.39 is 18.0 Å². The zero-order valence-corrected chi connectivity index (χ0v) is 14.7. The van der Waals surface area contributed by atoms with Crippen molar-refractivity contribution in [1.82, 2.24) is 9.80 Å². The van der Waals surface area contributed by atoms with Crippen LogP contribution in [-0.4, -0.2) is 68.9 Å². The van der Waals surface area contributed by atoms with Crippen LogP contribution in [0.3, 0.4) is 0 Å². The van der Waals surface area contributed by atoms with Crippen LogP contribution in [0.4, 0.5) is 0 Å². The van der Waals surface area contributed by atoms with Gasteiger partial charge in [-0.3, -0.25) is 4.79 Å². The number of aliphatic hydroxyl groups is 1. The Morgan fingerprint density at radius 2 is 2.04 bits per heavy atom. The molecule has 3 aliphatic heterocycles. The Kier molecular flexibility index (Phi) is 4.23. The third kappa shape index (κ3) is 2.49. The SMILES string of the molecule is C[C@@H]1C[C@H](SC2=C(C(=O)O)N3C(=O)[C@H]([C@@H](C)O)[C@H]3[C@H]2C)CN1C. The predicted molar refractivity (Wildman–Crippen MR) is 87.7 cm³/mol. The van der Waals surface area contributed by atoms with Gasteiger partial charge in [-0.05, 0) is 27.3 Å². The molecule has 0 bridgehead atoms. The Balaban J connectivity index is 1.86. The first-order valence-electron chi connectivity index (χ1n) is 8.09. The first-order valence-corrected chi connectivity index (χ1v) is 8.97. The van der Waals surface area contributed by atoms with Gasteiger partial charge in [-0.2, -0.15) is 0 Å². The Morgan fingerprint density at radius 1 is 1.39 bits per heavy atom. The van der Waals surface area contributed by atoms with Crippen LogP contribution in [-0.2, 0) is 9.59 Å². The maximum atomic E-state index is 12.3. The fourth-order valence-corrected chi connectivity index (χ4v) is 5.77. The number of fused-ring (bicyclic) bond motifs is 1. The van der Waals surface area contributed by atoms with Gasteiger partial charge in [0.1, 0.15) is 5.70 Å². The maximum absolute atomic E-state index is 12.3. The third-order valence-corrected chi connectivity index (χ3v) is 6.95. The van der Waals surface area contributed by atoms with Crippen molar-refractivity contribution in [2.24, 2.45) is 11.8 Å². The molecule has 0 saturated carbocycles. The van der Waals surface area contributed by atoms with Crippen molar-refractivity contribution in [2.45, 2.75) is 50.6 Å². The molecule has 128 valence electrons. The number of amides is 1. The fourth-order valence-electron chi connectivity index (χ4n) is 4.08. The predicted octanol–water partition coefficient (Wildman–Crippen LogP) is 0.966. The second kappa shape index (κ2) is 5.79. The number of nitrogens with zero attached hydrogens (tertiary/aromatic N) is 2. The van der Waals surface area contributed by atoms with Crippen molar-refractivity contribution < 1.29 is 19.8 Å². The van der Waals surface area contributed by atoms with Gasteiger partial charge in [-0.25, -0.2) is 4.79 Å². The van der Waals surface area contributed by atoms with Crippen LogP contribution in [0.1, 0.15) is 27.2 Å². The number of aliphatic hydroxyl groups excluding tert-OH is 1. The molecule has 2 saturated heterocycles. The van der Waals surface area contributed by atoms with E-state index in [1.165, 1.54) is 4.90 Å². The summed E-state index contributed by atoms with van der Waals surface area (Å²) in [6.45, 7) is 6.67. The molecule has 6 atom stereocenters. The third-order valence-electron chi connectivity index (χ3n) is 5.45. The lowest BCUT2D eigenvalue weighted by molar-refractivity contribution is -0.163. The molecule has 2 N–H and O–H groups in total. The summed E-state index contributed by atoms with van der Waals surface area (Å²) in [4.78, 5) is 28.5. The highest BCUT2D eigenvalue weighted by atomic mass is 32.2. The van der Waals surface area contributed by atoms with E-state index in [2.05, 4.69) is 18.9 Å². The number of rotatable bonds is 4. The second-order valence-electron chi connectivity index (χ2n) is 7.04. The number of likely N-dealkylation sites (tertiary alicyclic amines) is 1. The molecule has 6 nitrogen and oxygen atoms in total. The Bertz CT molecular complexity index is 566. The summed E-state index contributed by atoms with van der Waals surface area (Å²) in [6, 6.07) is 0.273. The summed E-state index contributed by atoms with van der Waals surface area (Å²) >= 11 is 1.61. The second-order valence-corrected chi connectivity index (χ2v) is 8.38. The Labute approximate surface area is 140 Å². The molecule has 2 fully saturated rings. The number of hydrogen-bond acceptors (Lipinski definition) is 5. The van der Waals surface area contributed by atoms with E-state index in [4.69, 9.17) is 0 Å². The molecule has 3 aliphatic rings. The van der Waals surface area contributed by atoms with Gasteiger partial charge in [0.2, 0.25) is 5.91 Å². The topological polar surface area (TPSA) is 81.1 Å². The Morgan fingerprint density at radius 3 is 2.52 bits per heavy atom. The first-order chi connectivity index (χ1) is 10.7. The normalized spacial score (nSPS) is 38.7. The summed E-state index contributed by atoms with van der Waals surface area (Å²) in [5.74, 6) is -1.83. The minimum absolute atomic E-state index is 0.0374. The summed E-state index contributed by atoms with van der Waals surface area (Å²) in [7, 11) is 2.08. The standard InChI is InChI=1S/C16H24N2O4S/c1-7-5-10(6-17(7)4)23-14-8(2)12-11(9(3)19)15(20)18(12)13(14)16(21)22/h7-12,19H,5-6H2,1-4H3,(H,21,22)/t7-,8-,9-,10+,11-,12-/m1/s1. The molecule has 0 aliphatic carbocycles. The number of aliphatic carboxylic acids is 1. The van der Waals surface area contributed by atoms with E-state index in [1.54, 1.807) is 18.7 Å². The molecular weight excluding hydrogens is 316 g/mol. The number of carboxylic acid groups (broad SMARTS) is 1. The van der Waals surface area contributed by atoms with Crippen LogP contribution < -0.4 is 0 Å². The van der Waals surface area contributed by atoms with E-state index >= 15 is 0 Å². The molecule has 3 heterocycles. The van der Waals surface area contributed by atoms with Gasteiger partial charge in [0.15, 0.2) is 0 Å². The average molecular weight is 340 g/mol.